The molecule has 0 aliphatic heterocycles. The molecule has 0 heterocycles. The predicted molar refractivity (Wildman–Crippen MR) is 106 cm³/mol. The minimum Gasteiger partial charge on any atom is -0.481 e. The van der Waals surface area contributed by atoms with Crippen molar-refractivity contribution in [1.82, 2.24) is 0 Å². The second-order valence-electron chi connectivity index (χ2n) is 10.7. The number of fused-ring (bicyclic) bond motifs is 5. The van der Waals surface area contributed by atoms with Crippen molar-refractivity contribution in [3.05, 3.63) is 12.2 Å². The van der Waals surface area contributed by atoms with E-state index in [1.54, 1.807) is 0 Å². The van der Waals surface area contributed by atoms with Crippen LogP contribution in [-0.4, -0.2) is 16.9 Å². The average Bonchev–Trinajstić information content (AvgIpc) is 2.97. The number of allylic oxidation sites excluding steroid dienone is 2. The van der Waals surface area contributed by atoms with Crippen LogP contribution in [0.15, 0.2) is 12.2 Å². The monoisotopic (exact) mass is 372 g/mol. The molecule has 0 amide bonds. The third-order valence-electron chi connectivity index (χ3n) is 9.61. The number of rotatable bonds is 4. The van der Waals surface area contributed by atoms with Gasteiger partial charge in [-0.2, -0.15) is 0 Å². The van der Waals surface area contributed by atoms with Crippen LogP contribution in [0.4, 0.5) is 0 Å². The van der Waals surface area contributed by atoms with Gasteiger partial charge in [0.2, 0.25) is 0 Å². The van der Waals surface area contributed by atoms with Crippen molar-refractivity contribution in [3.63, 3.8) is 0 Å². The van der Waals surface area contributed by atoms with Crippen LogP contribution < -0.4 is 0 Å². The van der Waals surface area contributed by atoms with Gasteiger partial charge in [0.15, 0.2) is 5.78 Å². The first kappa shape index (κ1) is 19.2. The zero-order valence-corrected chi connectivity index (χ0v) is 17.2. The zero-order chi connectivity index (χ0) is 19.4. The first-order valence-electron chi connectivity index (χ1n) is 11.2. The molecule has 0 radical (unpaired) electrons. The Morgan fingerprint density at radius 3 is 2.70 bits per heavy atom. The van der Waals surface area contributed by atoms with Gasteiger partial charge < -0.3 is 5.11 Å². The van der Waals surface area contributed by atoms with E-state index in [0.29, 0.717) is 35.4 Å². The minimum atomic E-state index is -0.657. The van der Waals surface area contributed by atoms with Crippen LogP contribution in [0.5, 0.6) is 0 Å². The maximum absolute atomic E-state index is 12.0. The fraction of sp³-hybridized carbons (Fsp3) is 0.833. The molecule has 150 valence electrons. The maximum Gasteiger partial charge on any atom is 0.303 e. The Bertz CT molecular complexity index is 652. The summed E-state index contributed by atoms with van der Waals surface area (Å²) < 4.78 is 0. The molecule has 0 saturated heterocycles. The average molecular weight is 373 g/mol. The maximum atomic E-state index is 12.0. The summed E-state index contributed by atoms with van der Waals surface area (Å²) >= 11 is 0. The van der Waals surface area contributed by atoms with Gasteiger partial charge in [0.1, 0.15) is 0 Å². The highest BCUT2D eigenvalue weighted by atomic mass is 16.4. The van der Waals surface area contributed by atoms with Gasteiger partial charge in [-0.25, -0.2) is 0 Å². The molecule has 3 saturated carbocycles. The number of hydrogen-bond donors (Lipinski definition) is 1. The summed E-state index contributed by atoms with van der Waals surface area (Å²) in [7, 11) is 0. The lowest BCUT2D eigenvalue weighted by atomic mass is 9.45. The zero-order valence-electron chi connectivity index (χ0n) is 17.2. The topological polar surface area (TPSA) is 54.4 Å². The molecule has 0 aromatic carbocycles. The fourth-order valence-corrected chi connectivity index (χ4v) is 8.16. The SMILES string of the molecule is C[C@H](CCC(=O)O)[C@H]1CC[C@H]2[C@@H]3CC[C@@H]4CC(=O)C=C[C@]4(C)[C@H]3CC[C@]12C. The van der Waals surface area contributed by atoms with Crippen LogP contribution in [0.1, 0.15) is 78.6 Å². The molecule has 4 aliphatic carbocycles. The summed E-state index contributed by atoms with van der Waals surface area (Å²) in [5, 5.41) is 9.08. The van der Waals surface area contributed by atoms with Crippen molar-refractivity contribution in [2.45, 2.75) is 78.6 Å². The lowest BCUT2D eigenvalue weighted by Gasteiger charge is -2.59. The van der Waals surface area contributed by atoms with Crippen molar-refractivity contribution in [2.75, 3.05) is 0 Å². The van der Waals surface area contributed by atoms with Crippen LogP contribution in [-0.2, 0) is 9.59 Å². The highest BCUT2D eigenvalue weighted by molar-refractivity contribution is 5.91. The molecular weight excluding hydrogens is 336 g/mol. The lowest BCUT2D eigenvalue weighted by molar-refractivity contribution is -0.137. The van der Waals surface area contributed by atoms with E-state index >= 15 is 0 Å². The smallest absolute Gasteiger partial charge is 0.303 e. The third kappa shape index (κ3) is 3.00. The molecule has 27 heavy (non-hydrogen) atoms. The van der Waals surface area contributed by atoms with E-state index in [1.807, 2.05) is 6.08 Å². The molecular formula is C24H36O3. The van der Waals surface area contributed by atoms with Gasteiger partial charge in [-0.05, 0) is 97.4 Å². The van der Waals surface area contributed by atoms with Gasteiger partial charge >= 0.3 is 5.97 Å². The summed E-state index contributed by atoms with van der Waals surface area (Å²) in [5.41, 5.74) is 0.599. The Balaban J connectivity index is 1.54. The summed E-state index contributed by atoms with van der Waals surface area (Å²) in [6.45, 7) is 7.25. The summed E-state index contributed by atoms with van der Waals surface area (Å²) in [4.78, 5) is 23.0. The van der Waals surface area contributed by atoms with Crippen molar-refractivity contribution >= 4 is 11.8 Å². The highest BCUT2D eigenvalue weighted by Gasteiger charge is 2.59. The Kier molecular flexibility index (Phi) is 4.79. The molecule has 4 rings (SSSR count). The van der Waals surface area contributed by atoms with Crippen molar-refractivity contribution in [2.24, 2.45) is 46.3 Å². The number of aliphatic carboxylic acids is 1. The normalized spacial score (nSPS) is 47.1. The van der Waals surface area contributed by atoms with Crippen LogP contribution in [0.25, 0.3) is 0 Å². The van der Waals surface area contributed by atoms with E-state index in [0.717, 1.165) is 30.6 Å². The molecule has 3 nitrogen and oxygen atoms in total. The quantitative estimate of drug-likeness (QED) is 0.710. The highest BCUT2D eigenvalue weighted by Crippen LogP contribution is 2.67. The molecule has 1 N–H and O–H groups in total. The molecule has 0 bridgehead atoms. The molecule has 8 atom stereocenters. The number of carbonyl (C=O) groups is 2. The second kappa shape index (κ2) is 6.74. The van der Waals surface area contributed by atoms with Gasteiger partial charge in [0.05, 0.1) is 0 Å². The Hall–Kier alpha value is -1.12. The van der Waals surface area contributed by atoms with E-state index in [2.05, 4.69) is 26.8 Å². The number of carboxylic acid groups (broad SMARTS) is 1. The van der Waals surface area contributed by atoms with E-state index in [9.17, 15) is 9.59 Å². The molecule has 0 aromatic rings. The van der Waals surface area contributed by atoms with Crippen LogP contribution in [0.3, 0.4) is 0 Å². The van der Waals surface area contributed by atoms with Crippen LogP contribution in [0, 0.1) is 46.3 Å². The number of hydrogen-bond acceptors (Lipinski definition) is 2. The van der Waals surface area contributed by atoms with E-state index < -0.39 is 5.97 Å². The van der Waals surface area contributed by atoms with Gasteiger partial charge in [0, 0.05) is 12.8 Å². The number of carbonyl (C=O) groups excluding carboxylic acids is 1. The second-order valence-corrected chi connectivity index (χ2v) is 10.7. The lowest BCUT2D eigenvalue weighted by Crippen LogP contribution is -2.52. The largest absolute Gasteiger partial charge is 0.481 e. The van der Waals surface area contributed by atoms with Gasteiger partial charge in [-0.1, -0.05) is 26.8 Å². The number of carboxylic acids is 1. The molecule has 3 heteroatoms. The molecule has 3 fully saturated rings. The Morgan fingerprint density at radius 1 is 1.19 bits per heavy atom. The van der Waals surface area contributed by atoms with Crippen LogP contribution in [0.2, 0.25) is 0 Å². The number of ketones is 1. The van der Waals surface area contributed by atoms with Gasteiger partial charge in [-0.3, -0.25) is 9.59 Å². The standard InChI is InChI=1S/C24H36O3/c1-15(4-9-22(26)27)19-7-8-20-18-6-5-16-14-17(25)10-12-23(16,2)21(18)11-13-24(19,20)3/h10,12,15-16,18-21H,4-9,11,13-14H2,1-3H3,(H,26,27)/t15-,16-,18+,19-,20+,21+,23+,24-/m1/s1. The van der Waals surface area contributed by atoms with Crippen molar-refractivity contribution in [3.8, 4) is 0 Å². The van der Waals surface area contributed by atoms with E-state index in [4.69, 9.17) is 5.11 Å². The summed E-state index contributed by atoms with van der Waals surface area (Å²) in [6.07, 6.45) is 13.7. The first-order chi connectivity index (χ1) is 12.8. The summed E-state index contributed by atoms with van der Waals surface area (Å²) in [6, 6.07) is 0. The molecule has 0 unspecified atom stereocenters. The predicted octanol–water partition coefficient (Wildman–Crippen LogP) is 5.49. The first-order valence-corrected chi connectivity index (χ1v) is 11.2. The van der Waals surface area contributed by atoms with E-state index in [1.165, 1.54) is 38.5 Å². The van der Waals surface area contributed by atoms with Gasteiger partial charge in [0.25, 0.3) is 0 Å². The summed E-state index contributed by atoms with van der Waals surface area (Å²) in [5.74, 6) is 3.71. The van der Waals surface area contributed by atoms with Crippen LogP contribution >= 0.6 is 0 Å². The third-order valence-corrected chi connectivity index (χ3v) is 9.61. The molecule has 0 spiro atoms. The Labute approximate surface area is 164 Å². The molecule has 4 aliphatic rings. The molecule has 0 aromatic heterocycles. The van der Waals surface area contributed by atoms with E-state index in [-0.39, 0.29) is 5.41 Å². The van der Waals surface area contributed by atoms with Crippen molar-refractivity contribution in [1.29, 1.82) is 0 Å². The van der Waals surface area contributed by atoms with Gasteiger partial charge in [-0.15, -0.1) is 0 Å². The minimum absolute atomic E-state index is 0.213. The fourth-order valence-electron chi connectivity index (χ4n) is 8.16. The Morgan fingerprint density at radius 2 is 1.96 bits per heavy atom. The van der Waals surface area contributed by atoms with Crippen molar-refractivity contribution < 1.29 is 14.7 Å².